The van der Waals surface area contributed by atoms with Gasteiger partial charge < -0.3 is 5.11 Å². The molecule has 1 atom stereocenters. The summed E-state index contributed by atoms with van der Waals surface area (Å²) in [6.45, 7) is 5.07. The Balaban J connectivity index is 1.87. The number of hydrogen-bond acceptors (Lipinski definition) is 5. The molecule has 132 valence electrons. The fraction of sp³-hybridized carbons (Fsp3) is 0.412. The number of aliphatic hydroxyl groups excluding tert-OH is 1. The quantitative estimate of drug-likeness (QED) is 0.700. The first-order valence-electron chi connectivity index (χ1n) is 8.20. The molecule has 0 saturated heterocycles. The highest BCUT2D eigenvalue weighted by Gasteiger charge is 2.19. The molecule has 1 N–H and O–H groups in total. The fourth-order valence-electron chi connectivity index (χ4n) is 2.61. The number of aliphatic hydroxyl groups is 1. The predicted molar refractivity (Wildman–Crippen MR) is 94.1 cm³/mol. The molecular formula is C17H21ClN6O. The number of benzene rings is 1. The Labute approximate surface area is 151 Å². The predicted octanol–water partition coefficient (Wildman–Crippen LogP) is 2.70. The van der Waals surface area contributed by atoms with Crippen LogP contribution in [0.2, 0.25) is 5.02 Å². The van der Waals surface area contributed by atoms with E-state index in [-0.39, 0.29) is 0 Å². The summed E-state index contributed by atoms with van der Waals surface area (Å²) in [5.41, 5.74) is 1.04. The van der Waals surface area contributed by atoms with Gasteiger partial charge in [0.25, 0.3) is 0 Å². The van der Waals surface area contributed by atoms with Crippen molar-refractivity contribution in [3.05, 3.63) is 59.2 Å². The highest BCUT2D eigenvalue weighted by Crippen LogP contribution is 2.21. The highest BCUT2D eigenvalue weighted by molar-refractivity contribution is 6.30. The highest BCUT2D eigenvalue weighted by atomic mass is 35.5. The largest absolute Gasteiger partial charge is 0.385 e. The number of rotatable bonds is 7. The summed E-state index contributed by atoms with van der Waals surface area (Å²) in [6, 6.07) is 7.57. The van der Waals surface area contributed by atoms with Crippen LogP contribution in [0.1, 0.15) is 43.6 Å². The first-order valence-corrected chi connectivity index (χ1v) is 8.57. The van der Waals surface area contributed by atoms with E-state index in [1.54, 1.807) is 15.7 Å². The van der Waals surface area contributed by atoms with Gasteiger partial charge in [-0.3, -0.25) is 0 Å². The Morgan fingerprint density at radius 2 is 1.92 bits per heavy atom. The summed E-state index contributed by atoms with van der Waals surface area (Å²) in [5.74, 6) is 1.52. The van der Waals surface area contributed by atoms with Gasteiger partial charge in [0.05, 0.1) is 6.54 Å². The van der Waals surface area contributed by atoms with Crippen LogP contribution in [0.3, 0.4) is 0 Å². The molecule has 0 radical (unpaired) electrons. The van der Waals surface area contributed by atoms with Gasteiger partial charge in [-0.2, -0.15) is 10.2 Å². The molecule has 0 unspecified atom stereocenters. The van der Waals surface area contributed by atoms with E-state index in [9.17, 15) is 5.11 Å². The summed E-state index contributed by atoms with van der Waals surface area (Å²) < 4.78 is 3.41. The molecule has 0 bridgehead atoms. The van der Waals surface area contributed by atoms with Gasteiger partial charge in [-0.1, -0.05) is 37.6 Å². The molecule has 2 heterocycles. The van der Waals surface area contributed by atoms with Crippen LogP contribution in [0.15, 0.2) is 36.9 Å². The van der Waals surface area contributed by atoms with E-state index in [2.05, 4.69) is 34.0 Å². The van der Waals surface area contributed by atoms with Crippen LogP contribution in [0.4, 0.5) is 0 Å². The zero-order valence-corrected chi connectivity index (χ0v) is 15.0. The molecular weight excluding hydrogens is 340 g/mol. The van der Waals surface area contributed by atoms with Gasteiger partial charge in [-0.15, -0.1) is 0 Å². The Hall–Kier alpha value is -2.25. The van der Waals surface area contributed by atoms with Gasteiger partial charge in [-0.25, -0.2) is 19.3 Å². The van der Waals surface area contributed by atoms with Crippen molar-refractivity contribution in [3.8, 4) is 0 Å². The van der Waals surface area contributed by atoms with Crippen molar-refractivity contribution in [1.29, 1.82) is 0 Å². The second kappa shape index (κ2) is 7.76. The van der Waals surface area contributed by atoms with Crippen molar-refractivity contribution in [2.45, 2.75) is 39.5 Å². The van der Waals surface area contributed by atoms with E-state index in [0.29, 0.717) is 42.1 Å². The summed E-state index contributed by atoms with van der Waals surface area (Å²) >= 11 is 5.95. The Bertz CT molecular complexity index is 797. The molecule has 0 fully saturated rings. The number of hydrogen-bond donors (Lipinski definition) is 1. The Morgan fingerprint density at radius 1 is 1.16 bits per heavy atom. The monoisotopic (exact) mass is 360 g/mol. The van der Waals surface area contributed by atoms with E-state index in [1.807, 2.05) is 24.3 Å². The minimum atomic E-state index is -0.663. The first-order chi connectivity index (χ1) is 12.0. The summed E-state index contributed by atoms with van der Waals surface area (Å²) in [6.07, 6.45) is 3.05. The molecule has 25 heavy (non-hydrogen) atoms. The molecule has 7 nitrogen and oxygen atoms in total. The molecule has 2 aromatic heterocycles. The molecule has 8 heteroatoms. The van der Waals surface area contributed by atoms with Gasteiger partial charge in [-0.05, 0) is 30.0 Å². The standard InChI is InChI=1S/C17H21ClN6O/c1-12(2)7-15(25)17-21-16(9-23-11-19-10-20-23)22-24(17)8-13-3-5-14(18)6-4-13/h3-6,10-12,15,25H,7-9H2,1-2H3/t15-/m1/s1. The van der Waals surface area contributed by atoms with Crippen LogP contribution in [0.5, 0.6) is 0 Å². The molecule has 0 saturated carbocycles. The maximum atomic E-state index is 10.6. The fourth-order valence-corrected chi connectivity index (χ4v) is 2.73. The van der Waals surface area contributed by atoms with Crippen molar-refractivity contribution in [1.82, 2.24) is 29.5 Å². The molecule has 0 amide bonds. The lowest BCUT2D eigenvalue weighted by Gasteiger charge is -2.13. The zero-order valence-electron chi connectivity index (χ0n) is 14.2. The van der Waals surface area contributed by atoms with Crippen molar-refractivity contribution in [3.63, 3.8) is 0 Å². The molecule has 3 rings (SSSR count). The van der Waals surface area contributed by atoms with Crippen molar-refractivity contribution < 1.29 is 5.11 Å². The normalized spacial score (nSPS) is 12.7. The Kier molecular flexibility index (Phi) is 5.45. The van der Waals surface area contributed by atoms with E-state index in [4.69, 9.17) is 11.6 Å². The average Bonchev–Trinajstić information content (AvgIpc) is 3.19. The summed E-state index contributed by atoms with van der Waals surface area (Å²) in [4.78, 5) is 8.46. The van der Waals surface area contributed by atoms with E-state index < -0.39 is 6.10 Å². The number of nitrogens with zero attached hydrogens (tertiary/aromatic N) is 6. The minimum absolute atomic E-state index is 0.356. The van der Waals surface area contributed by atoms with Gasteiger partial charge in [0.2, 0.25) is 0 Å². The lowest BCUT2D eigenvalue weighted by molar-refractivity contribution is 0.136. The summed E-state index contributed by atoms with van der Waals surface area (Å²) in [5, 5.41) is 19.9. The van der Waals surface area contributed by atoms with Gasteiger partial charge in [0, 0.05) is 5.02 Å². The van der Waals surface area contributed by atoms with E-state index >= 15 is 0 Å². The molecule has 0 aliphatic heterocycles. The van der Waals surface area contributed by atoms with Crippen molar-refractivity contribution in [2.75, 3.05) is 0 Å². The third-order valence-corrected chi connectivity index (χ3v) is 4.00. The van der Waals surface area contributed by atoms with E-state index in [1.165, 1.54) is 6.33 Å². The first kappa shape index (κ1) is 17.6. The molecule has 3 aromatic rings. The minimum Gasteiger partial charge on any atom is -0.385 e. The molecule has 0 aliphatic rings. The zero-order chi connectivity index (χ0) is 17.8. The van der Waals surface area contributed by atoms with Gasteiger partial charge >= 0.3 is 0 Å². The van der Waals surface area contributed by atoms with Gasteiger partial charge in [0.1, 0.15) is 25.3 Å². The van der Waals surface area contributed by atoms with Crippen LogP contribution in [-0.4, -0.2) is 34.6 Å². The maximum absolute atomic E-state index is 10.6. The lowest BCUT2D eigenvalue weighted by Crippen LogP contribution is -2.13. The maximum Gasteiger partial charge on any atom is 0.172 e. The lowest BCUT2D eigenvalue weighted by atomic mass is 10.1. The molecule has 0 aliphatic carbocycles. The third-order valence-electron chi connectivity index (χ3n) is 3.75. The van der Waals surface area contributed by atoms with Crippen LogP contribution in [-0.2, 0) is 13.1 Å². The molecule has 1 aromatic carbocycles. The smallest absolute Gasteiger partial charge is 0.172 e. The average molecular weight is 361 g/mol. The Morgan fingerprint density at radius 3 is 2.56 bits per heavy atom. The van der Waals surface area contributed by atoms with Crippen molar-refractivity contribution >= 4 is 11.6 Å². The SMILES string of the molecule is CC(C)C[C@@H](O)c1nc(Cn2cncn2)nn1Cc1ccc(Cl)cc1. The van der Waals surface area contributed by atoms with Crippen LogP contribution < -0.4 is 0 Å². The van der Waals surface area contributed by atoms with E-state index in [0.717, 1.165) is 5.56 Å². The number of halogens is 1. The molecule has 0 spiro atoms. The van der Waals surface area contributed by atoms with Crippen LogP contribution in [0.25, 0.3) is 0 Å². The number of aromatic nitrogens is 6. The topological polar surface area (TPSA) is 81.7 Å². The second-order valence-corrected chi connectivity index (χ2v) is 6.85. The van der Waals surface area contributed by atoms with Gasteiger partial charge in [0.15, 0.2) is 11.6 Å². The van der Waals surface area contributed by atoms with Crippen LogP contribution >= 0.6 is 11.6 Å². The van der Waals surface area contributed by atoms with Crippen molar-refractivity contribution in [2.24, 2.45) is 5.92 Å². The summed E-state index contributed by atoms with van der Waals surface area (Å²) in [7, 11) is 0. The third kappa shape index (κ3) is 4.64. The van der Waals surface area contributed by atoms with Crippen LogP contribution in [0, 0.1) is 5.92 Å². The second-order valence-electron chi connectivity index (χ2n) is 6.41.